The molecular formula is C22H24FN5O3S2. The minimum atomic E-state index is -1.05. The zero-order valence-electron chi connectivity index (χ0n) is 18.1. The van der Waals surface area contributed by atoms with E-state index in [1.807, 2.05) is 13.8 Å². The number of amides is 3. The number of carbonyl (C=O) groups excluding carboxylic acids is 3. The Morgan fingerprint density at radius 2 is 1.88 bits per heavy atom. The van der Waals surface area contributed by atoms with Gasteiger partial charge >= 0.3 is 0 Å². The van der Waals surface area contributed by atoms with Crippen molar-refractivity contribution in [2.75, 3.05) is 17.2 Å². The molecule has 1 unspecified atom stereocenters. The van der Waals surface area contributed by atoms with Gasteiger partial charge in [-0.1, -0.05) is 19.9 Å². The second kappa shape index (κ2) is 10.5. The van der Waals surface area contributed by atoms with Crippen LogP contribution in [0.25, 0.3) is 0 Å². The number of hydrogen-bond acceptors (Lipinski definition) is 7. The summed E-state index contributed by atoms with van der Waals surface area (Å²) in [5, 5.41) is 4.69. The Kier molecular flexibility index (Phi) is 7.77. The van der Waals surface area contributed by atoms with E-state index in [4.69, 9.17) is 11.5 Å². The van der Waals surface area contributed by atoms with E-state index in [1.165, 1.54) is 40.5 Å². The third kappa shape index (κ3) is 5.55. The molecule has 0 bridgehead atoms. The topological polar surface area (TPSA) is 131 Å². The first-order valence-electron chi connectivity index (χ1n) is 10.2. The third-order valence-electron chi connectivity index (χ3n) is 4.82. The van der Waals surface area contributed by atoms with Crippen molar-refractivity contribution in [1.82, 2.24) is 9.69 Å². The summed E-state index contributed by atoms with van der Waals surface area (Å²) in [5.41, 5.74) is 11.2. The number of aromatic nitrogens is 1. The van der Waals surface area contributed by atoms with Crippen LogP contribution < -0.4 is 21.7 Å². The SMILES string of the molecule is CC(C)CCNC(=O)C(c1cccs1)N(C(=O)c1snc(C(N)=O)c1N)c1ccc(F)cc1. The first kappa shape index (κ1) is 24.3. The Balaban J connectivity index is 2.09. The van der Waals surface area contributed by atoms with Gasteiger partial charge in [-0.15, -0.1) is 11.3 Å². The molecule has 3 aromatic rings. The highest BCUT2D eigenvalue weighted by molar-refractivity contribution is 7.10. The van der Waals surface area contributed by atoms with Crippen LogP contribution in [0.4, 0.5) is 15.8 Å². The monoisotopic (exact) mass is 489 g/mol. The van der Waals surface area contributed by atoms with E-state index in [-0.39, 0.29) is 21.9 Å². The van der Waals surface area contributed by atoms with Crippen molar-refractivity contribution >= 4 is 52.0 Å². The molecule has 0 spiro atoms. The van der Waals surface area contributed by atoms with Crippen LogP contribution in [-0.4, -0.2) is 28.6 Å². The molecule has 0 aliphatic rings. The molecule has 5 N–H and O–H groups in total. The fourth-order valence-electron chi connectivity index (χ4n) is 3.13. The summed E-state index contributed by atoms with van der Waals surface area (Å²) in [6.45, 7) is 4.51. The highest BCUT2D eigenvalue weighted by atomic mass is 32.1. The van der Waals surface area contributed by atoms with Gasteiger partial charge in [0, 0.05) is 17.1 Å². The maximum atomic E-state index is 13.7. The largest absolute Gasteiger partial charge is 0.395 e. The number of benzene rings is 1. The van der Waals surface area contributed by atoms with Crippen LogP contribution in [0.5, 0.6) is 0 Å². The van der Waals surface area contributed by atoms with Gasteiger partial charge in [-0.2, -0.15) is 4.37 Å². The van der Waals surface area contributed by atoms with Crippen LogP contribution in [-0.2, 0) is 4.79 Å². The molecule has 0 saturated carbocycles. The highest BCUT2D eigenvalue weighted by Crippen LogP contribution is 2.34. The molecule has 0 aliphatic heterocycles. The van der Waals surface area contributed by atoms with Crippen LogP contribution in [0.15, 0.2) is 41.8 Å². The maximum Gasteiger partial charge on any atom is 0.273 e. The van der Waals surface area contributed by atoms with Crippen LogP contribution in [0.3, 0.4) is 0 Å². The molecule has 0 fully saturated rings. The summed E-state index contributed by atoms with van der Waals surface area (Å²) in [5.74, 6) is -2.02. The van der Waals surface area contributed by atoms with Crippen molar-refractivity contribution in [3.05, 3.63) is 63.0 Å². The van der Waals surface area contributed by atoms with Gasteiger partial charge in [0.1, 0.15) is 10.7 Å². The Hall–Kier alpha value is -3.31. The second-order valence-electron chi connectivity index (χ2n) is 7.68. The lowest BCUT2D eigenvalue weighted by atomic mass is 10.1. The average molecular weight is 490 g/mol. The number of halogens is 1. The number of primary amides is 1. The Morgan fingerprint density at radius 1 is 1.18 bits per heavy atom. The summed E-state index contributed by atoms with van der Waals surface area (Å²) in [7, 11) is 0. The molecule has 0 radical (unpaired) electrons. The molecule has 174 valence electrons. The average Bonchev–Trinajstić information content (AvgIpc) is 3.42. The van der Waals surface area contributed by atoms with Crippen molar-refractivity contribution < 1.29 is 18.8 Å². The van der Waals surface area contributed by atoms with E-state index in [0.717, 1.165) is 18.0 Å². The Labute approximate surface area is 198 Å². The lowest BCUT2D eigenvalue weighted by Crippen LogP contribution is -2.44. The summed E-state index contributed by atoms with van der Waals surface area (Å²) < 4.78 is 17.5. The first-order valence-corrected chi connectivity index (χ1v) is 11.8. The standard InChI is InChI=1S/C22H24FN5O3S2/c1-12(2)9-10-26-21(30)18(15-4-3-11-32-15)28(14-7-5-13(23)6-8-14)22(31)19-16(24)17(20(25)29)27-33-19/h3-8,11-12,18H,9-10,24H2,1-2H3,(H2,25,29)(H,26,30). The minimum absolute atomic E-state index is 0.0374. The van der Waals surface area contributed by atoms with Gasteiger partial charge in [0.25, 0.3) is 11.8 Å². The molecule has 0 aliphatic carbocycles. The van der Waals surface area contributed by atoms with Gasteiger partial charge < -0.3 is 16.8 Å². The van der Waals surface area contributed by atoms with Gasteiger partial charge in [0.05, 0.1) is 5.69 Å². The number of nitrogens with two attached hydrogens (primary N) is 2. The molecule has 3 rings (SSSR count). The molecule has 3 amide bonds. The lowest BCUT2D eigenvalue weighted by molar-refractivity contribution is -0.122. The zero-order chi connectivity index (χ0) is 24.1. The number of thiophene rings is 1. The molecule has 1 aromatic carbocycles. The van der Waals surface area contributed by atoms with Gasteiger partial charge in [-0.05, 0) is 59.6 Å². The van der Waals surface area contributed by atoms with E-state index in [1.54, 1.807) is 17.5 Å². The van der Waals surface area contributed by atoms with Gasteiger partial charge in [-0.3, -0.25) is 19.3 Å². The van der Waals surface area contributed by atoms with Crippen molar-refractivity contribution in [1.29, 1.82) is 0 Å². The van der Waals surface area contributed by atoms with Gasteiger partial charge in [0.2, 0.25) is 5.91 Å². The molecular weight excluding hydrogens is 465 g/mol. The van der Waals surface area contributed by atoms with Crippen molar-refractivity contribution in [3.63, 3.8) is 0 Å². The number of nitrogen functional groups attached to an aromatic ring is 1. The summed E-state index contributed by atoms with van der Waals surface area (Å²) in [6, 6.07) is 7.67. The molecule has 33 heavy (non-hydrogen) atoms. The first-order chi connectivity index (χ1) is 15.7. The van der Waals surface area contributed by atoms with E-state index in [9.17, 15) is 18.8 Å². The predicted molar refractivity (Wildman–Crippen MR) is 128 cm³/mol. The van der Waals surface area contributed by atoms with Crippen molar-refractivity contribution in [3.8, 4) is 0 Å². The van der Waals surface area contributed by atoms with Crippen LogP contribution >= 0.6 is 22.9 Å². The second-order valence-corrected chi connectivity index (χ2v) is 9.43. The minimum Gasteiger partial charge on any atom is -0.395 e. The summed E-state index contributed by atoms with van der Waals surface area (Å²) >= 11 is 2.02. The fourth-order valence-corrected chi connectivity index (χ4v) is 4.68. The molecule has 8 nitrogen and oxygen atoms in total. The van der Waals surface area contributed by atoms with Gasteiger partial charge in [0.15, 0.2) is 11.7 Å². The summed E-state index contributed by atoms with van der Waals surface area (Å²) in [4.78, 5) is 40.5. The number of nitrogens with zero attached hydrogens (tertiary/aromatic N) is 2. The van der Waals surface area contributed by atoms with Crippen molar-refractivity contribution in [2.24, 2.45) is 11.7 Å². The number of carbonyl (C=O) groups is 3. The Morgan fingerprint density at radius 3 is 2.42 bits per heavy atom. The van der Waals surface area contributed by atoms with Crippen LogP contribution in [0, 0.1) is 11.7 Å². The van der Waals surface area contributed by atoms with E-state index in [0.29, 0.717) is 17.3 Å². The Bertz CT molecular complexity index is 1130. The molecule has 2 heterocycles. The zero-order valence-corrected chi connectivity index (χ0v) is 19.7. The summed E-state index contributed by atoms with van der Waals surface area (Å²) in [6.07, 6.45) is 0.761. The molecule has 2 aromatic heterocycles. The fraction of sp³-hybridized carbons (Fsp3) is 0.273. The number of anilines is 2. The van der Waals surface area contributed by atoms with Crippen molar-refractivity contribution in [2.45, 2.75) is 26.3 Å². The predicted octanol–water partition coefficient (Wildman–Crippen LogP) is 3.58. The molecule has 1 atom stereocenters. The molecule has 11 heteroatoms. The van der Waals surface area contributed by atoms with Gasteiger partial charge in [-0.25, -0.2) is 4.39 Å². The van der Waals surface area contributed by atoms with E-state index >= 15 is 0 Å². The lowest BCUT2D eigenvalue weighted by Gasteiger charge is -2.30. The van der Waals surface area contributed by atoms with Crippen LogP contribution in [0.2, 0.25) is 0 Å². The van der Waals surface area contributed by atoms with E-state index in [2.05, 4.69) is 9.69 Å². The third-order valence-corrected chi connectivity index (χ3v) is 6.60. The van der Waals surface area contributed by atoms with Crippen LogP contribution in [0.1, 0.15) is 51.3 Å². The number of rotatable bonds is 9. The highest BCUT2D eigenvalue weighted by Gasteiger charge is 2.36. The molecule has 0 saturated heterocycles. The van der Waals surface area contributed by atoms with E-state index < -0.39 is 29.6 Å². The quantitative estimate of drug-likeness (QED) is 0.423. The smallest absolute Gasteiger partial charge is 0.273 e. The maximum absolute atomic E-state index is 13.7. The normalized spacial score (nSPS) is 11.9. The number of hydrogen-bond donors (Lipinski definition) is 3. The number of nitrogens with one attached hydrogen (secondary N) is 1.